The van der Waals surface area contributed by atoms with E-state index in [9.17, 15) is 0 Å². The lowest BCUT2D eigenvalue weighted by Gasteiger charge is -2.24. The van der Waals surface area contributed by atoms with Crippen molar-refractivity contribution in [1.82, 2.24) is 14.9 Å². The highest BCUT2D eigenvalue weighted by Gasteiger charge is 2.21. The Morgan fingerprint density at radius 1 is 1.30 bits per heavy atom. The van der Waals surface area contributed by atoms with Crippen molar-refractivity contribution in [2.45, 2.75) is 31.8 Å². The van der Waals surface area contributed by atoms with Crippen LogP contribution in [0.1, 0.15) is 30.1 Å². The number of aryl methyl sites for hydroxylation is 1. The van der Waals surface area contributed by atoms with Gasteiger partial charge in [0.15, 0.2) is 11.5 Å². The SMILES string of the molecule is Clc1cc(CNC[C@@H]2CCCn3ccnc32)cc2c1OCCO2. The zero-order valence-electron chi connectivity index (χ0n) is 12.9. The molecule has 0 radical (unpaired) electrons. The molecule has 1 atom stereocenters. The Morgan fingerprint density at radius 3 is 3.17 bits per heavy atom. The molecule has 23 heavy (non-hydrogen) atoms. The molecule has 0 aliphatic carbocycles. The number of fused-ring (bicyclic) bond motifs is 2. The van der Waals surface area contributed by atoms with E-state index in [1.807, 2.05) is 18.3 Å². The summed E-state index contributed by atoms with van der Waals surface area (Å²) in [4.78, 5) is 4.50. The summed E-state index contributed by atoms with van der Waals surface area (Å²) in [6.45, 7) is 3.89. The summed E-state index contributed by atoms with van der Waals surface area (Å²) < 4.78 is 13.4. The molecule has 1 aromatic heterocycles. The number of ether oxygens (including phenoxy) is 2. The fourth-order valence-corrected chi connectivity index (χ4v) is 3.65. The van der Waals surface area contributed by atoms with E-state index in [0.29, 0.717) is 29.9 Å². The molecule has 2 aliphatic heterocycles. The van der Waals surface area contributed by atoms with E-state index >= 15 is 0 Å². The van der Waals surface area contributed by atoms with Crippen molar-refractivity contribution in [3.8, 4) is 11.5 Å². The maximum atomic E-state index is 6.28. The minimum Gasteiger partial charge on any atom is -0.486 e. The van der Waals surface area contributed by atoms with Crippen molar-refractivity contribution in [1.29, 1.82) is 0 Å². The summed E-state index contributed by atoms with van der Waals surface area (Å²) in [6.07, 6.45) is 6.37. The maximum Gasteiger partial charge on any atom is 0.179 e. The topological polar surface area (TPSA) is 48.3 Å². The van der Waals surface area contributed by atoms with Crippen LogP contribution in [0.5, 0.6) is 11.5 Å². The van der Waals surface area contributed by atoms with Crippen molar-refractivity contribution in [3.63, 3.8) is 0 Å². The van der Waals surface area contributed by atoms with Crippen LogP contribution in [0.2, 0.25) is 5.02 Å². The van der Waals surface area contributed by atoms with Crippen molar-refractivity contribution < 1.29 is 9.47 Å². The van der Waals surface area contributed by atoms with Crippen molar-refractivity contribution in [2.75, 3.05) is 19.8 Å². The first kappa shape index (κ1) is 14.8. The van der Waals surface area contributed by atoms with Gasteiger partial charge in [0.2, 0.25) is 0 Å². The third-order valence-electron chi connectivity index (χ3n) is 4.44. The molecule has 0 bridgehead atoms. The molecule has 0 amide bonds. The second-order valence-electron chi connectivity index (χ2n) is 6.05. The molecule has 0 saturated carbocycles. The van der Waals surface area contributed by atoms with Crippen LogP contribution in [0.3, 0.4) is 0 Å². The summed E-state index contributed by atoms with van der Waals surface area (Å²) in [5, 5.41) is 4.15. The van der Waals surface area contributed by atoms with Gasteiger partial charge in [0.1, 0.15) is 19.0 Å². The number of hydrogen-bond acceptors (Lipinski definition) is 4. The Balaban J connectivity index is 1.40. The van der Waals surface area contributed by atoms with Gasteiger partial charge in [-0.05, 0) is 30.5 Å². The number of nitrogens with one attached hydrogen (secondary N) is 1. The van der Waals surface area contributed by atoms with Gasteiger partial charge < -0.3 is 19.4 Å². The lowest BCUT2D eigenvalue weighted by Crippen LogP contribution is -2.26. The summed E-state index contributed by atoms with van der Waals surface area (Å²) in [6, 6.07) is 3.96. The molecule has 0 saturated heterocycles. The molecule has 4 rings (SSSR count). The van der Waals surface area contributed by atoms with Crippen molar-refractivity contribution >= 4 is 11.6 Å². The largest absolute Gasteiger partial charge is 0.486 e. The van der Waals surface area contributed by atoms with Crippen LogP contribution in [0.15, 0.2) is 24.5 Å². The van der Waals surface area contributed by atoms with Crippen LogP contribution in [0.25, 0.3) is 0 Å². The van der Waals surface area contributed by atoms with Crippen LogP contribution in [0, 0.1) is 0 Å². The highest BCUT2D eigenvalue weighted by atomic mass is 35.5. The van der Waals surface area contributed by atoms with E-state index in [4.69, 9.17) is 21.1 Å². The standard InChI is InChI=1S/C17H20ClN3O2/c18-14-8-12(9-15-16(14)23-7-6-22-15)10-19-11-13-2-1-4-21-5-3-20-17(13)21/h3,5,8-9,13,19H,1-2,4,6-7,10-11H2/t13-/m0/s1. The van der Waals surface area contributed by atoms with Gasteiger partial charge >= 0.3 is 0 Å². The zero-order valence-corrected chi connectivity index (χ0v) is 13.7. The minimum atomic E-state index is 0.478. The fourth-order valence-electron chi connectivity index (χ4n) is 3.36. The molecule has 1 N–H and O–H groups in total. The molecule has 0 unspecified atom stereocenters. The number of aromatic nitrogens is 2. The van der Waals surface area contributed by atoms with Crippen molar-refractivity contribution in [3.05, 3.63) is 40.9 Å². The Morgan fingerprint density at radius 2 is 2.22 bits per heavy atom. The second kappa shape index (κ2) is 6.42. The van der Waals surface area contributed by atoms with E-state index < -0.39 is 0 Å². The Bertz CT molecular complexity index is 701. The summed E-state index contributed by atoms with van der Waals surface area (Å²) in [5.41, 5.74) is 1.11. The molecule has 122 valence electrons. The van der Waals surface area contributed by atoms with Gasteiger partial charge in [-0.2, -0.15) is 0 Å². The number of rotatable bonds is 4. The van der Waals surface area contributed by atoms with Gasteiger partial charge in [-0.1, -0.05) is 11.6 Å². The van der Waals surface area contributed by atoms with E-state index in [1.165, 1.54) is 18.7 Å². The molecule has 6 heteroatoms. The van der Waals surface area contributed by atoms with Gasteiger partial charge in [0, 0.05) is 37.9 Å². The normalized spacial score (nSPS) is 19.4. The average Bonchev–Trinajstić information content (AvgIpc) is 3.04. The first-order chi connectivity index (χ1) is 11.3. The molecule has 0 spiro atoms. The molecular formula is C17H20ClN3O2. The van der Waals surface area contributed by atoms with Crippen molar-refractivity contribution in [2.24, 2.45) is 0 Å². The van der Waals surface area contributed by atoms with Crippen LogP contribution >= 0.6 is 11.6 Å². The van der Waals surface area contributed by atoms with E-state index in [1.54, 1.807) is 0 Å². The van der Waals surface area contributed by atoms with E-state index in [-0.39, 0.29) is 0 Å². The predicted octanol–water partition coefficient (Wildman–Crippen LogP) is 2.97. The number of benzene rings is 1. The summed E-state index contributed by atoms with van der Waals surface area (Å²) in [5.74, 6) is 3.08. The van der Waals surface area contributed by atoms with Gasteiger partial charge in [-0.3, -0.25) is 0 Å². The lowest BCUT2D eigenvalue weighted by molar-refractivity contribution is 0.171. The van der Waals surface area contributed by atoms with Gasteiger partial charge in [-0.15, -0.1) is 0 Å². The molecule has 3 heterocycles. The summed E-state index contributed by atoms with van der Waals surface area (Å²) in [7, 11) is 0. The molecule has 1 aromatic carbocycles. The second-order valence-corrected chi connectivity index (χ2v) is 6.46. The number of hydrogen-bond donors (Lipinski definition) is 1. The molecular weight excluding hydrogens is 314 g/mol. The number of imidazole rings is 1. The first-order valence-corrected chi connectivity index (χ1v) is 8.49. The lowest BCUT2D eigenvalue weighted by atomic mass is 9.99. The maximum absolute atomic E-state index is 6.28. The molecule has 2 aromatic rings. The van der Waals surface area contributed by atoms with Crippen LogP contribution < -0.4 is 14.8 Å². The highest BCUT2D eigenvalue weighted by Crippen LogP contribution is 2.38. The third kappa shape index (κ3) is 3.03. The first-order valence-electron chi connectivity index (χ1n) is 8.11. The fraction of sp³-hybridized carbons (Fsp3) is 0.471. The molecule has 0 fully saturated rings. The monoisotopic (exact) mass is 333 g/mol. The van der Waals surface area contributed by atoms with E-state index in [0.717, 1.165) is 30.9 Å². The van der Waals surface area contributed by atoms with Crippen LogP contribution in [-0.4, -0.2) is 29.3 Å². The smallest absolute Gasteiger partial charge is 0.179 e. The molecule has 5 nitrogen and oxygen atoms in total. The molecule has 2 aliphatic rings. The Hall–Kier alpha value is -1.72. The third-order valence-corrected chi connectivity index (χ3v) is 4.72. The zero-order chi connectivity index (χ0) is 15.6. The predicted molar refractivity (Wildman–Crippen MR) is 88.4 cm³/mol. The van der Waals surface area contributed by atoms with Crippen LogP contribution in [-0.2, 0) is 13.1 Å². The van der Waals surface area contributed by atoms with Gasteiger partial charge in [-0.25, -0.2) is 4.98 Å². The number of halogens is 1. The van der Waals surface area contributed by atoms with Gasteiger partial charge in [0.05, 0.1) is 5.02 Å². The Kier molecular flexibility index (Phi) is 4.14. The minimum absolute atomic E-state index is 0.478. The number of nitrogens with zero attached hydrogens (tertiary/aromatic N) is 2. The van der Waals surface area contributed by atoms with E-state index in [2.05, 4.69) is 21.1 Å². The van der Waals surface area contributed by atoms with Gasteiger partial charge in [0.25, 0.3) is 0 Å². The average molecular weight is 334 g/mol. The van der Waals surface area contributed by atoms with Crippen LogP contribution in [0.4, 0.5) is 0 Å². The highest BCUT2D eigenvalue weighted by molar-refractivity contribution is 6.32. The quantitative estimate of drug-likeness (QED) is 0.934. The summed E-state index contributed by atoms with van der Waals surface area (Å²) >= 11 is 6.28. The Labute approximate surface area is 140 Å².